The number of nitrogens with one attached hydrogen (secondary N) is 1. The molecule has 160 valence electrons. The molecule has 1 aliphatic heterocycles. The number of nitrogens with zero attached hydrogens (tertiary/aromatic N) is 3. The lowest BCUT2D eigenvalue weighted by Gasteiger charge is -2.16. The number of aryl methyl sites for hydroxylation is 1. The number of sulfonamides is 1. The molecule has 0 saturated heterocycles. The van der Waals surface area contributed by atoms with Gasteiger partial charge in [0.2, 0.25) is 10.0 Å². The minimum Gasteiger partial charge on any atom is -0.298 e. The number of carbonyl (C=O) groups excluding carboxylic acids is 1. The first kappa shape index (κ1) is 20.9. The number of nitro benzene ring substituents is 1. The fourth-order valence-corrected chi connectivity index (χ4v) is 5.13. The molecule has 0 atom stereocenters. The molecule has 3 aromatic rings. The zero-order chi connectivity index (χ0) is 22.3. The van der Waals surface area contributed by atoms with E-state index < -0.39 is 14.9 Å². The van der Waals surface area contributed by atoms with Gasteiger partial charge < -0.3 is 0 Å². The summed E-state index contributed by atoms with van der Waals surface area (Å²) in [5.74, 6) is -0.364. The van der Waals surface area contributed by atoms with Gasteiger partial charge in [-0.3, -0.25) is 24.5 Å². The Kier molecular flexibility index (Phi) is 5.23. The van der Waals surface area contributed by atoms with Gasteiger partial charge in [-0.05, 0) is 37.1 Å². The van der Waals surface area contributed by atoms with E-state index in [1.807, 2.05) is 0 Å². The van der Waals surface area contributed by atoms with Crippen LogP contribution in [0.4, 0.5) is 16.5 Å². The van der Waals surface area contributed by atoms with Gasteiger partial charge in [0.05, 0.1) is 22.6 Å². The molecule has 0 radical (unpaired) electrons. The van der Waals surface area contributed by atoms with Crippen LogP contribution in [0.1, 0.15) is 21.5 Å². The SMILES string of the molecule is Cc1ccc(-c2csc(NC(=O)c3ccc4c(c3)CCN4S(C)(=O)=O)n2)cc1[N+](=O)[O-]. The van der Waals surface area contributed by atoms with Gasteiger partial charge in [-0.25, -0.2) is 13.4 Å². The molecule has 0 spiro atoms. The summed E-state index contributed by atoms with van der Waals surface area (Å²) in [7, 11) is -3.35. The molecule has 9 nitrogen and oxygen atoms in total. The maximum atomic E-state index is 12.7. The highest BCUT2D eigenvalue weighted by molar-refractivity contribution is 7.92. The number of rotatable bonds is 5. The van der Waals surface area contributed by atoms with Gasteiger partial charge in [0.1, 0.15) is 0 Å². The normalized spacial score (nSPS) is 13.2. The van der Waals surface area contributed by atoms with E-state index in [2.05, 4.69) is 10.3 Å². The number of hydrogen-bond donors (Lipinski definition) is 1. The Morgan fingerprint density at radius 3 is 2.74 bits per heavy atom. The topological polar surface area (TPSA) is 123 Å². The number of fused-ring (bicyclic) bond motifs is 1. The van der Waals surface area contributed by atoms with Crippen molar-refractivity contribution in [2.24, 2.45) is 0 Å². The number of thiazole rings is 1. The van der Waals surface area contributed by atoms with Crippen molar-refractivity contribution < 1.29 is 18.1 Å². The summed E-state index contributed by atoms with van der Waals surface area (Å²) in [4.78, 5) is 27.8. The Labute approximate surface area is 182 Å². The molecule has 11 heteroatoms. The molecule has 0 fully saturated rings. The summed E-state index contributed by atoms with van der Waals surface area (Å²) in [6.45, 7) is 2.03. The zero-order valence-corrected chi connectivity index (χ0v) is 18.3. The molecule has 0 aliphatic carbocycles. The first-order chi connectivity index (χ1) is 14.6. The summed E-state index contributed by atoms with van der Waals surface area (Å²) in [5, 5.41) is 16.0. The van der Waals surface area contributed by atoms with E-state index in [0.717, 1.165) is 11.8 Å². The van der Waals surface area contributed by atoms with Crippen LogP contribution >= 0.6 is 11.3 Å². The van der Waals surface area contributed by atoms with Gasteiger partial charge in [0.15, 0.2) is 5.13 Å². The van der Waals surface area contributed by atoms with Crippen LogP contribution in [0, 0.1) is 17.0 Å². The second-order valence-electron chi connectivity index (χ2n) is 7.18. The highest BCUT2D eigenvalue weighted by Gasteiger charge is 2.27. The van der Waals surface area contributed by atoms with Crippen molar-refractivity contribution in [2.45, 2.75) is 13.3 Å². The molecule has 1 aliphatic rings. The summed E-state index contributed by atoms with van der Waals surface area (Å²) in [5.41, 5.74) is 3.48. The van der Waals surface area contributed by atoms with E-state index in [4.69, 9.17) is 0 Å². The standard InChI is InChI=1S/C20H18N4O5S2/c1-12-3-4-13(10-18(12)24(26)27)16-11-30-20(21-16)22-19(25)15-5-6-17-14(9-15)7-8-23(17)31(2,28)29/h3-6,9-11H,7-8H2,1-2H3,(H,21,22,25). The molecule has 4 rings (SSSR count). The molecular formula is C20H18N4O5S2. The maximum Gasteiger partial charge on any atom is 0.272 e. The molecule has 1 N–H and O–H groups in total. The average Bonchev–Trinajstić information content (AvgIpc) is 3.34. The zero-order valence-electron chi connectivity index (χ0n) is 16.7. The van der Waals surface area contributed by atoms with Crippen LogP contribution in [-0.4, -0.2) is 37.0 Å². The highest BCUT2D eigenvalue weighted by atomic mass is 32.2. The molecule has 0 saturated carbocycles. The first-order valence-corrected chi connectivity index (χ1v) is 12.0. The molecule has 31 heavy (non-hydrogen) atoms. The predicted molar refractivity (Wildman–Crippen MR) is 119 cm³/mol. The van der Waals surface area contributed by atoms with Gasteiger partial charge in [-0.1, -0.05) is 12.1 Å². The van der Waals surface area contributed by atoms with Crippen LogP contribution in [0.2, 0.25) is 0 Å². The summed E-state index contributed by atoms with van der Waals surface area (Å²) in [6.07, 6.45) is 1.70. The molecule has 1 aromatic heterocycles. The predicted octanol–water partition coefficient (Wildman–Crippen LogP) is 3.60. The van der Waals surface area contributed by atoms with E-state index >= 15 is 0 Å². The lowest BCUT2D eigenvalue weighted by atomic mass is 10.1. The maximum absolute atomic E-state index is 12.7. The minimum atomic E-state index is -3.35. The third-order valence-electron chi connectivity index (χ3n) is 5.02. The third-order valence-corrected chi connectivity index (χ3v) is 6.96. The van der Waals surface area contributed by atoms with Crippen LogP contribution in [0.3, 0.4) is 0 Å². The van der Waals surface area contributed by atoms with E-state index in [0.29, 0.717) is 46.2 Å². The summed E-state index contributed by atoms with van der Waals surface area (Å²) < 4.78 is 25.0. The Morgan fingerprint density at radius 2 is 2.03 bits per heavy atom. The quantitative estimate of drug-likeness (QED) is 0.460. The van der Waals surface area contributed by atoms with Crippen molar-refractivity contribution in [1.82, 2.24) is 4.98 Å². The molecule has 2 aromatic carbocycles. The largest absolute Gasteiger partial charge is 0.298 e. The minimum absolute atomic E-state index is 0.0114. The number of aromatic nitrogens is 1. The number of anilines is 2. The fraction of sp³-hybridized carbons (Fsp3) is 0.200. The Morgan fingerprint density at radius 1 is 1.26 bits per heavy atom. The van der Waals surface area contributed by atoms with E-state index in [1.165, 1.54) is 21.7 Å². The highest BCUT2D eigenvalue weighted by Crippen LogP contribution is 2.32. The number of hydrogen-bond acceptors (Lipinski definition) is 7. The van der Waals surface area contributed by atoms with Gasteiger partial charge in [-0.15, -0.1) is 11.3 Å². The summed E-state index contributed by atoms with van der Waals surface area (Å²) >= 11 is 1.21. The molecular weight excluding hydrogens is 440 g/mol. The van der Waals surface area contributed by atoms with Gasteiger partial charge in [-0.2, -0.15) is 0 Å². The van der Waals surface area contributed by atoms with Crippen LogP contribution < -0.4 is 9.62 Å². The Balaban J connectivity index is 1.53. The molecule has 0 unspecified atom stereocenters. The van der Waals surface area contributed by atoms with Crippen molar-refractivity contribution in [3.8, 4) is 11.3 Å². The van der Waals surface area contributed by atoms with Crippen molar-refractivity contribution in [1.29, 1.82) is 0 Å². The fourth-order valence-electron chi connectivity index (χ4n) is 3.46. The lowest BCUT2D eigenvalue weighted by molar-refractivity contribution is -0.385. The summed E-state index contributed by atoms with van der Waals surface area (Å²) in [6, 6.07) is 9.77. The van der Waals surface area contributed by atoms with Crippen molar-refractivity contribution in [3.63, 3.8) is 0 Å². The lowest BCUT2D eigenvalue weighted by Crippen LogP contribution is -2.27. The second kappa shape index (κ2) is 7.75. The average molecular weight is 459 g/mol. The van der Waals surface area contributed by atoms with Gasteiger partial charge in [0.25, 0.3) is 11.6 Å². The van der Waals surface area contributed by atoms with Crippen LogP contribution in [-0.2, 0) is 16.4 Å². The van der Waals surface area contributed by atoms with E-state index in [-0.39, 0.29) is 11.6 Å². The van der Waals surface area contributed by atoms with Crippen molar-refractivity contribution >= 4 is 43.8 Å². The van der Waals surface area contributed by atoms with Crippen LogP contribution in [0.25, 0.3) is 11.3 Å². The molecule has 2 heterocycles. The smallest absolute Gasteiger partial charge is 0.272 e. The number of nitro groups is 1. The van der Waals surface area contributed by atoms with Gasteiger partial charge in [0, 0.05) is 34.7 Å². The Hall–Kier alpha value is -3.31. The van der Waals surface area contributed by atoms with Gasteiger partial charge >= 0.3 is 0 Å². The molecule has 0 bridgehead atoms. The number of amides is 1. The monoisotopic (exact) mass is 458 g/mol. The van der Waals surface area contributed by atoms with E-state index in [1.54, 1.807) is 42.6 Å². The number of carbonyl (C=O) groups is 1. The van der Waals surface area contributed by atoms with Crippen molar-refractivity contribution in [3.05, 3.63) is 68.6 Å². The first-order valence-electron chi connectivity index (χ1n) is 9.26. The van der Waals surface area contributed by atoms with Crippen LogP contribution in [0.15, 0.2) is 41.8 Å². The van der Waals surface area contributed by atoms with Crippen molar-refractivity contribution in [2.75, 3.05) is 22.4 Å². The Bertz CT molecular complexity index is 1320. The van der Waals surface area contributed by atoms with E-state index in [9.17, 15) is 23.3 Å². The third kappa shape index (κ3) is 4.14. The second-order valence-corrected chi connectivity index (χ2v) is 9.94. The van der Waals surface area contributed by atoms with Crippen LogP contribution in [0.5, 0.6) is 0 Å². The number of benzene rings is 2. The molecule has 1 amide bonds.